The fourth-order valence-corrected chi connectivity index (χ4v) is 1.38. The summed E-state index contributed by atoms with van der Waals surface area (Å²) in [6.07, 6.45) is 1.52. The minimum absolute atomic E-state index is 0.104. The van der Waals surface area contributed by atoms with Crippen LogP contribution in [0.4, 0.5) is 10.5 Å². The van der Waals surface area contributed by atoms with Gasteiger partial charge in [-0.2, -0.15) is 0 Å². The highest BCUT2D eigenvalue weighted by atomic mass is 16.5. The molecule has 0 aliphatic rings. The normalized spacial score (nSPS) is 9.84. The summed E-state index contributed by atoms with van der Waals surface area (Å²) in [6, 6.07) is 1.32. The molecule has 1 aromatic heterocycles. The van der Waals surface area contributed by atoms with Gasteiger partial charge in [0.1, 0.15) is 5.69 Å². The van der Waals surface area contributed by atoms with E-state index in [9.17, 15) is 9.59 Å². The molecule has 7 heteroatoms. The molecule has 0 unspecified atom stereocenters. The molecule has 0 spiro atoms. The number of urea groups is 1. The van der Waals surface area contributed by atoms with Crippen molar-refractivity contribution in [3.05, 3.63) is 17.8 Å². The first-order valence-electron chi connectivity index (χ1n) is 5.68. The van der Waals surface area contributed by atoms with Gasteiger partial charge in [0.25, 0.3) is 0 Å². The first-order chi connectivity index (χ1) is 8.93. The van der Waals surface area contributed by atoms with Gasteiger partial charge in [-0.05, 0) is 18.6 Å². The van der Waals surface area contributed by atoms with Gasteiger partial charge < -0.3 is 20.1 Å². The minimum Gasteiger partial charge on any atom is -0.481 e. The van der Waals surface area contributed by atoms with E-state index in [4.69, 9.17) is 9.84 Å². The van der Waals surface area contributed by atoms with E-state index >= 15 is 0 Å². The van der Waals surface area contributed by atoms with Gasteiger partial charge in [-0.25, -0.2) is 9.78 Å². The number of rotatable bonds is 5. The summed E-state index contributed by atoms with van der Waals surface area (Å²) in [4.78, 5) is 27.6. The summed E-state index contributed by atoms with van der Waals surface area (Å²) in [5.74, 6) is -0.639. The Morgan fingerprint density at radius 2 is 2.21 bits per heavy atom. The van der Waals surface area contributed by atoms with Crippen molar-refractivity contribution in [2.24, 2.45) is 0 Å². The Labute approximate surface area is 111 Å². The number of amides is 2. The lowest BCUT2D eigenvalue weighted by Crippen LogP contribution is -2.33. The summed E-state index contributed by atoms with van der Waals surface area (Å²) in [5.41, 5.74) is 1.33. The molecule has 0 bridgehead atoms. The van der Waals surface area contributed by atoms with Crippen LogP contribution in [0, 0.1) is 6.92 Å². The van der Waals surface area contributed by atoms with E-state index in [0.717, 1.165) is 5.56 Å². The Bertz CT molecular complexity index is 476. The fourth-order valence-electron chi connectivity index (χ4n) is 1.38. The number of ether oxygens (including phenoxy) is 1. The lowest BCUT2D eigenvalue weighted by molar-refractivity contribution is -0.137. The lowest BCUT2D eigenvalue weighted by Gasteiger charge is -2.18. The zero-order valence-electron chi connectivity index (χ0n) is 11.1. The quantitative estimate of drug-likeness (QED) is 0.839. The third-order valence-corrected chi connectivity index (χ3v) is 2.43. The first-order valence-corrected chi connectivity index (χ1v) is 5.68. The van der Waals surface area contributed by atoms with Crippen molar-refractivity contribution in [3.63, 3.8) is 0 Å². The van der Waals surface area contributed by atoms with Gasteiger partial charge in [-0.1, -0.05) is 0 Å². The van der Waals surface area contributed by atoms with Crippen molar-refractivity contribution in [3.8, 4) is 5.88 Å². The predicted molar refractivity (Wildman–Crippen MR) is 69.4 cm³/mol. The number of hydrogen-bond donors (Lipinski definition) is 2. The van der Waals surface area contributed by atoms with Gasteiger partial charge in [-0.15, -0.1) is 0 Å². The molecule has 7 nitrogen and oxygen atoms in total. The Balaban J connectivity index is 2.70. The monoisotopic (exact) mass is 267 g/mol. The highest BCUT2D eigenvalue weighted by Gasteiger charge is 2.13. The maximum Gasteiger partial charge on any atom is 0.321 e. The van der Waals surface area contributed by atoms with Crippen molar-refractivity contribution in [2.75, 3.05) is 26.0 Å². The number of nitrogens with zero attached hydrogens (tertiary/aromatic N) is 2. The third-order valence-electron chi connectivity index (χ3n) is 2.43. The maximum absolute atomic E-state index is 11.8. The van der Waals surface area contributed by atoms with Crippen LogP contribution in [0.1, 0.15) is 12.0 Å². The fraction of sp³-hybridized carbons (Fsp3) is 0.417. The second-order valence-corrected chi connectivity index (χ2v) is 4.06. The SMILES string of the molecule is COc1ncc(C)cc1NC(=O)N(C)CCC(=O)O. The van der Waals surface area contributed by atoms with Crippen LogP contribution in [0.15, 0.2) is 12.3 Å². The van der Waals surface area contributed by atoms with E-state index in [0.29, 0.717) is 11.6 Å². The van der Waals surface area contributed by atoms with Gasteiger partial charge in [0.05, 0.1) is 13.5 Å². The second kappa shape index (κ2) is 6.58. The highest BCUT2D eigenvalue weighted by Crippen LogP contribution is 2.22. The number of nitrogens with one attached hydrogen (secondary N) is 1. The molecular weight excluding hydrogens is 250 g/mol. The van der Waals surface area contributed by atoms with Crippen LogP contribution in [0.5, 0.6) is 5.88 Å². The van der Waals surface area contributed by atoms with Gasteiger partial charge >= 0.3 is 12.0 Å². The van der Waals surface area contributed by atoms with E-state index in [1.54, 1.807) is 12.3 Å². The first kappa shape index (κ1) is 14.7. The number of pyridine rings is 1. The number of aromatic nitrogens is 1. The molecule has 1 aromatic rings. The third kappa shape index (κ3) is 4.46. The molecule has 2 amide bonds. The van der Waals surface area contributed by atoms with Crippen LogP contribution in [0.3, 0.4) is 0 Å². The average molecular weight is 267 g/mol. The average Bonchev–Trinajstić information content (AvgIpc) is 2.36. The summed E-state index contributed by atoms with van der Waals surface area (Å²) >= 11 is 0. The van der Waals surface area contributed by atoms with Crippen molar-refractivity contribution in [1.29, 1.82) is 0 Å². The Morgan fingerprint density at radius 1 is 1.53 bits per heavy atom. The van der Waals surface area contributed by atoms with Crippen LogP contribution in [-0.2, 0) is 4.79 Å². The largest absolute Gasteiger partial charge is 0.481 e. The summed E-state index contributed by atoms with van der Waals surface area (Å²) in [5, 5.41) is 11.2. The highest BCUT2D eigenvalue weighted by molar-refractivity contribution is 5.90. The number of hydrogen-bond acceptors (Lipinski definition) is 4. The molecule has 1 heterocycles. The van der Waals surface area contributed by atoms with Crippen molar-refractivity contribution in [2.45, 2.75) is 13.3 Å². The number of carboxylic acid groups (broad SMARTS) is 1. The number of methoxy groups -OCH3 is 1. The number of carboxylic acids is 1. The summed E-state index contributed by atoms with van der Waals surface area (Å²) in [7, 11) is 2.98. The van der Waals surface area contributed by atoms with E-state index < -0.39 is 12.0 Å². The van der Waals surface area contributed by atoms with Gasteiger partial charge in [0.15, 0.2) is 0 Å². The standard InChI is InChI=1S/C12H17N3O4/c1-8-6-9(11(19-3)13-7-8)14-12(18)15(2)5-4-10(16)17/h6-7H,4-5H2,1-3H3,(H,14,18)(H,16,17). The molecule has 0 aromatic carbocycles. The van der Waals surface area contributed by atoms with Gasteiger partial charge in [0.2, 0.25) is 5.88 Å². The van der Waals surface area contributed by atoms with Crippen LogP contribution >= 0.6 is 0 Å². The molecule has 0 saturated carbocycles. The minimum atomic E-state index is -0.950. The molecule has 0 aliphatic heterocycles. The van der Waals surface area contributed by atoms with Gasteiger partial charge in [0, 0.05) is 19.8 Å². The number of aliphatic carboxylic acids is 1. The van der Waals surface area contributed by atoms with Crippen molar-refractivity contribution in [1.82, 2.24) is 9.88 Å². The van der Waals surface area contributed by atoms with Gasteiger partial charge in [-0.3, -0.25) is 4.79 Å². The maximum atomic E-state index is 11.8. The molecule has 104 valence electrons. The molecule has 0 aliphatic carbocycles. The smallest absolute Gasteiger partial charge is 0.321 e. The Hall–Kier alpha value is -2.31. The van der Waals surface area contributed by atoms with E-state index in [1.807, 2.05) is 6.92 Å². The number of aryl methyl sites for hydroxylation is 1. The van der Waals surface area contributed by atoms with E-state index in [2.05, 4.69) is 10.3 Å². The second-order valence-electron chi connectivity index (χ2n) is 4.06. The predicted octanol–water partition coefficient (Wildman–Crippen LogP) is 1.34. The van der Waals surface area contributed by atoms with E-state index in [1.165, 1.54) is 19.1 Å². The topological polar surface area (TPSA) is 91.8 Å². The zero-order chi connectivity index (χ0) is 14.4. The summed E-state index contributed by atoms with van der Waals surface area (Å²) < 4.78 is 5.04. The summed E-state index contributed by atoms with van der Waals surface area (Å²) in [6.45, 7) is 1.97. The van der Waals surface area contributed by atoms with Crippen molar-refractivity contribution >= 4 is 17.7 Å². The van der Waals surface area contributed by atoms with Crippen LogP contribution in [0.2, 0.25) is 0 Å². The number of anilines is 1. The van der Waals surface area contributed by atoms with Crippen molar-refractivity contribution < 1.29 is 19.4 Å². The van der Waals surface area contributed by atoms with Crippen LogP contribution in [-0.4, -0.2) is 47.7 Å². The molecule has 1 rings (SSSR count). The lowest BCUT2D eigenvalue weighted by atomic mass is 10.3. The number of carbonyl (C=O) groups is 2. The molecule has 2 N–H and O–H groups in total. The molecule has 0 radical (unpaired) electrons. The Kier molecular flexibility index (Phi) is 5.11. The molecular formula is C12H17N3O4. The molecule has 0 fully saturated rings. The molecule has 0 atom stereocenters. The van der Waals surface area contributed by atoms with Crippen LogP contribution in [0.25, 0.3) is 0 Å². The molecule has 0 saturated heterocycles. The molecule has 19 heavy (non-hydrogen) atoms. The Morgan fingerprint density at radius 3 is 2.79 bits per heavy atom. The van der Waals surface area contributed by atoms with E-state index in [-0.39, 0.29) is 13.0 Å². The number of carbonyl (C=O) groups excluding carboxylic acids is 1. The zero-order valence-corrected chi connectivity index (χ0v) is 11.1. The van der Waals surface area contributed by atoms with Crippen LogP contribution < -0.4 is 10.1 Å².